The van der Waals surface area contributed by atoms with E-state index in [1.165, 1.54) is 29.6 Å². The van der Waals surface area contributed by atoms with E-state index >= 15 is 0 Å². The molecule has 6 heteroatoms. The Morgan fingerprint density at radius 1 is 1.29 bits per heavy atom. The Labute approximate surface area is 126 Å². The topological polar surface area (TPSA) is 68.0 Å². The molecule has 1 N–H and O–H groups in total. The molecule has 0 aliphatic carbocycles. The zero-order valence-corrected chi connectivity index (χ0v) is 11.5. The van der Waals surface area contributed by atoms with E-state index in [0.29, 0.717) is 5.13 Å². The molecule has 0 unspecified atom stereocenters. The molecule has 0 atom stereocenters. The number of carbonyl (C=O) groups is 1. The highest BCUT2D eigenvalue weighted by Crippen LogP contribution is 2.25. The first kappa shape index (κ1) is 14.9. The second-order valence-corrected chi connectivity index (χ2v) is 5.09. The summed E-state index contributed by atoms with van der Waals surface area (Å²) < 4.78 is 4.77. The van der Waals surface area contributed by atoms with Crippen LogP contribution in [0.1, 0.15) is 23.5 Å². The lowest BCUT2D eigenvalue weighted by Gasteiger charge is -1.98. The normalized spacial score (nSPS) is 9.95. The van der Waals surface area contributed by atoms with Gasteiger partial charge in [-0.15, -0.1) is 11.3 Å². The van der Waals surface area contributed by atoms with Gasteiger partial charge in [-0.3, -0.25) is 10.1 Å². The minimum atomic E-state index is -0.330. The molecule has 0 radical (unpaired) electrons. The van der Waals surface area contributed by atoms with Crippen LogP contribution in [0.4, 0.5) is 5.13 Å². The molecule has 2 aromatic heterocycles. The van der Waals surface area contributed by atoms with Gasteiger partial charge in [-0.25, -0.2) is 9.97 Å². The van der Waals surface area contributed by atoms with E-state index in [2.05, 4.69) is 15.3 Å². The highest BCUT2D eigenvalue weighted by atomic mass is 32.1. The zero-order chi connectivity index (χ0) is 13.9. The summed E-state index contributed by atoms with van der Waals surface area (Å²) in [6, 6.07) is 8.08. The predicted octanol–water partition coefficient (Wildman–Crippen LogP) is 3.99. The summed E-state index contributed by atoms with van der Waals surface area (Å²) in [5.74, 6) is -0.330. The van der Waals surface area contributed by atoms with Gasteiger partial charge in [0.2, 0.25) is 0 Å². The highest BCUT2D eigenvalue weighted by Gasteiger charge is 2.11. The summed E-state index contributed by atoms with van der Waals surface area (Å²) in [6.07, 6.45) is 2.51. The van der Waals surface area contributed by atoms with Crippen LogP contribution in [-0.4, -0.2) is 15.9 Å². The largest absolute Gasteiger partial charge is 0.451 e. The standard InChI is InChI=1S/C14H11N3O2S.CH4/c1-9-2-4-10(5-3-9)12-7-20-14(16-12)17-13(18)11-6-19-8-15-11;/h2-8H,1H3,(H,16,17,18);1H4. The summed E-state index contributed by atoms with van der Waals surface area (Å²) in [7, 11) is 0. The van der Waals surface area contributed by atoms with E-state index in [0.717, 1.165) is 11.3 Å². The molecular weight excluding hydrogens is 286 g/mol. The van der Waals surface area contributed by atoms with Crippen molar-refractivity contribution in [3.63, 3.8) is 0 Å². The minimum Gasteiger partial charge on any atom is -0.451 e. The maximum atomic E-state index is 11.8. The number of hydrogen-bond donors (Lipinski definition) is 1. The molecule has 5 nitrogen and oxygen atoms in total. The van der Waals surface area contributed by atoms with Gasteiger partial charge in [0.15, 0.2) is 17.2 Å². The number of thiazole rings is 1. The molecule has 0 fully saturated rings. The number of amides is 1. The molecular formula is C15H15N3O2S. The SMILES string of the molecule is C.Cc1ccc(-c2csc(NC(=O)c3cocn3)n2)cc1. The molecule has 0 saturated carbocycles. The third-order valence-corrected chi connectivity index (χ3v) is 3.49. The Morgan fingerprint density at radius 3 is 2.71 bits per heavy atom. The maximum Gasteiger partial charge on any atom is 0.279 e. The maximum absolute atomic E-state index is 11.8. The van der Waals surface area contributed by atoms with Gasteiger partial charge in [-0.05, 0) is 6.92 Å². The molecule has 0 aliphatic heterocycles. The molecule has 1 amide bonds. The smallest absolute Gasteiger partial charge is 0.279 e. The second kappa shape index (κ2) is 6.32. The van der Waals surface area contributed by atoms with Crippen molar-refractivity contribution >= 4 is 22.4 Å². The average Bonchev–Trinajstić information content (AvgIpc) is 3.10. The number of aryl methyl sites for hydroxylation is 1. The zero-order valence-electron chi connectivity index (χ0n) is 10.7. The van der Waals surface area contributed by atoms with E-state index in [1.54, 1.807) is 0 Å². The fourth-order valence-corrected chi connectivity index (χ4v) is 2.39. The molecule has 3 aromatic rings. The number of rotatable bonds is 3. The van der Waals surface area contributed by atoms with Crippen molar-refractivity contribution in [2.24, 2.45) is 0 Å². The lowest BCUT2D eigenvalue weighted by Crippen LogP contribution is -2.11. The van der Waals surface area contributed by atoms with E-state index in [4.69, 9.17) is 4.42 Å². The van der Waals surface area contributed by atoms with Crippen LogP contribution in [0.25, 0.3) is 11.3 Å². The van der Waals surface area contributed by atoms with Crippen molar-refractivity contribution in [2.75, 3.05) is 5.32 Å². The molecule has 0 aliphatic rings. The van der Waals surface area contributed by atoms with Gasteiger partial charge in [-0.1, -0.05) is 37.3 Å². The Morgan fingerprint density at radius 2 is 2.05 bits per heavy atom. The van der Waals surface area contributed by atoms with Gasteiger partial charge in [0.25, 0.3) is 5.91 Å². The Bertz CT molecular complexity index is 718. The first-order valence-corrected chi connectivity index (χ1v) is 6.82. The van der Waals surface area contributed by atoms with Crippen molar-refractivity contribution < 1.29 is 9.21 Å². The number of carbonyl (C=O) groups excluding carboxylic acids is 1. The van der Waals surface area contributed by atoms with Gasteiger partial charge in [-0.2, -0.15) is 0 Å². The third-order valence-electron chi connectivity index (χ3n) is 2.74. The quantitative estimate of drug-likeness (QED) is 0.794. The number of benzene rings is 1. The third kappa shape index (κ3) is 3.35. The molecule has 2 heterocycles. The van der Waals surface area contributed by atoms with E-state index < -0.39 is 0 Å². The number of aromatic nitrogens is 2. The van der Waals surface area contributed by atoms with E-state index in [1.807, 2.05) is 36.6 Å². The van der Waals surface area contributed by atoms with Crippen molar-refractivity contribution in [3.05, 3.63) is 53.6 Å². The highest BCUT2D eigenvalue weighted by molar-refractivity contribution is 7.14. The number of hydrogen-bond acceptors (Lipinski definition) is 5. The van der Waals surface area contributed by atoms with Crippen molar-refractivity contribution in [3.8, 4) is 11.3 Å². The van der Waals surface area contributed by atoms with Crippen LogP contribution < -0.4 is 5.32 Å². The first-order chi connectivity index (χ1) is 9.72. The molecule has 0 bridgehead atoms. The number of anilines is 1. The van der Waals surface area contributed by atoms with E-state index in [9.17, 15) is 4.79 Å². The summed E-state index contributed by atoms with van der Waals surface area (Å²) >= 11 is 1.37. The van der Waals surface area contributed by atoms with Crippen molar-refractivity contribution in [1.82, 2.24) is 9.97 Å². The minimum absolute atomic E-state index is 0. The van der Waals surface area contributed by atoms with Gasteiger partial charge >= 0.3 is 0 Å². The Kier molecular flexibility index (Phi) is 4.49. The van der Waals surface area contributed by atoms with Crippen molar-refractivity contribution in [2.45, 2.75) is 14.4 Å². The summed E-state index contributed by atoms with van der Waals surface area (Å²) in [6.45, 7) is 2.04. The fourth-order valence-electron chi connectivity index (χ4n) is 1.67. The van der Waals surface area contributed by atoms with Crippen LogP contribution in [0.15, 0.2) is 46.7 Å². The van der Waals surface area contributed by atoms with Crippen molar-refractivity contribution in [1.29, 1.82) is 0 Å². The number of nitrogens with one attached hydrogen (secondary N) is 1. The molecule has 108 valence electrons. The predicted molar refractivity (Wildman–Crippen MR) is 83.5 cm³/mol. The van der Waals surface area contributed by atoms with Gasteiger partial charge in [0.1, 0.15) is 6.26 Å². The van der Waals surface area contributed by atoms with Crippen LogP contribution in [0, 0.1) is 6.92 Å². The summed E-state index contributed by atoms with van der Waals surface area (Å²) in [5, 5.41) is 5.13. The van der Waals surface area contributed by atoms with Crippen LogP contribution in [0.5, 0.6) is 0 Å². The molecule has 0 spiro atoms. The Hall–Kier alpha value is -2.47. The monoisotopic (exact) mass is 301 g/mol. The summed E-state index contributed by atoms with van der Waals surface area (Å²) in [4.78, 5) is 20.0. The number of nitrogens with zero attached hydrogens (tertiary/aromatic N) is 2. The first-order valence-electron chi connectivity index (χ1n) is 5.94. The molecule has 0 saturated heterocycles. The second-order valence-electron chi connectivity index (χ2n) is 4.23. The van der Waals surface area contributed by atoms with Gasteiger partial charge in [0.05, 0.1) is 5.69 Å². The molecule has 21 heavy (non-hydrogen) atoms. The number of oxazole rings is 1. The van der Waals surface area contributed by atoms with Crippen LogP contribution in [0.3, 0.4) is 0 Å². The van der Waals surface area contributed by atoms with Crippen LogP contribution >= 0.6 is 11.3 Å². The van der Waals surface area contributed by atoms with Gasteiger partial charge < -0.3 is 4.42 Å². The lowest BCUT2D eigenvalue weighted by molar-refractivity contribution is 0.102. The van der Waals surface area contributed by atoms with Crippen LogP contribution in [-0.2, 0) is 0 Å². The lowest BCUT2D eigenvalue weighted by atomic mass is 10.1. The van der Waals surface area contributed by atoms with E-state index in [-0.39, 0.29) is 19.0 Å². The fraction of sp³-hybridized carbons (Fsp3) is 0.133. The Balaban J connectivity index is 0.00000161. The molecule has 3 rings (SSSR count). The van der Waals surface area contributed by atoms with Gasteiger partial charge in [0, 0.05) is 10.9 Å². The average molecular weight is 301 g/mol. The molecule has 1 aromatic carbocycles. The summed E-state index contributed by atoms with van der Waals surface area (Å²) in [5.41, 5.74) is 3.29. The van der Waals surface area contributed by atoms with Crippen LogP contribution in [0.2, 0.25) is 0 Å².